The molecule has 108 valence electrons. The van der Waals surface area contributed by atoms with Crippen LogP contribution in [0.2, 0.25) is 0 Å². The van der Waals surface area contributed by atoms with E-state index in [-0.39, 0.29) is 12.1 Å². The number of anilines is 1. The lowest BCUT2D eigenvalue weighted by atomic mass is 10.1. The van der Waals surface area contributed by atoms with E-state index in [9.17, 15) is 13.2 Å². The fraction of sp³-hybridized carbons (Fsp3) is 0.357. The lowest BCUT2D eigenvalue weighted by Gasteiger charge is -2.14. The highest BCUT2D eigenvalue weighted by Gasteiger charge is 2.32. The predicted octanol–water partition coefficient (Wildman–Crippen LogP) is 3.69. The third-order valence-corrected chi connectivity index (χ3v) is 2.90. The van der Waals surface area contributed by atoms with E-state index in [0.29, 0.717) is 12.5 Å². The highest BCUT2D eigenvalue weighted by Crippen LogP contribution is 2.32. The molecule has 0 fully saturated rings. The Morgan fingerprint density at radius 2 is 1.95 bits per heavy atom. The normalized spacial score (nSPS) is 11.7. The molecule has 0 aliphatic rings. The van der Waals surface area contributed by atoms with Crippen LogP contribution in [-0.4, -0.2) is 16.1 Å². The zero-order valence-corrected chi connectivity index (χ0v) is 11.3. The first kappa shape index (κ1) is 14.4. The van der Waals surface area contributed by atoms with E-state index in [1.54, 1.807) is 16.8 Å². The van der Waals surface area contributed by atoms with Crippen molar-refractivity contribution in [2.75, 3.05) is 11.9 Å². The van der Waals surface area contributed by atoms with Gasteiger partial charge < -0.3 is 9.88 Å². The van der Waals surface area contributed by atoms with Crippen molar-refractivity contribution in [3.8, 4) is 0 Å². The second-order valence-corrected chi connectivity index (χ2v) is 4.52. The van der Waals surface area contributed by atoms with Crippen LogP contribution >= 0.6 is 0 Å². The molecule has 0 spiro atoms. The Bertz CT molecular complexity index is 588. The van der Waals surface area contributed by atoms with E-state index < -0.39 is 11.7 Å². The molecule has 1 N–H and O–H groups in total. The molecule has 0 atom stereocenters. The molecule has 2 rings (SSSR count). The maximum absolute atomic E-state index is 13.0. The van der Waals surface area contributed by atoms with Crippen molar-refractivity contribution >= 4 is 5.95 Å². The molecule has 1 heterocycles. The number of nitrogens with zero attached hydrogens (tertiary/aromatic N) is 2. The van der Waals surface area contributed by atoms with Crippen LogP contribution in [0, 0.1) is 6.92 Å². The number of hydrogen-bond acceptors (Lipinski definition) is 2. The third kappa shape index (κ3) is 3.12. The van der Waals surface area contributed by atoms with Gasteiger partial charge in [0.05, 0.1) is 17.8 Å². The van der Waals surface area contributed by atoms with Crippen LogP contribution in [0.3, 0.4) is 0 Å². The molecule has 0 unspecified atom stereocenters. The molecule has 0 radical (unpaired) electrons. The van der Waals surface area contributed by atoms with Crippen molar-refractivity contribution in [2.45, 2.75) is 26.6 Å². The standard InChI is InChI=1S/C14H16F3N3/c1-3-18-13-19-10(2)8-20(13)9-11-6-4-5-7-12(11)14(15,16)17/h4-8H,3,9H2,1-2H3,(H,18,19). The molecule has 2 aromatic rings. The number of rotatable bonds is 4. The number of imidazole rings is 1. The first-order valence-corrected chi connectivity index (χ1v) is 6.34. The minimum Gasteiger partial charge on any atom is -0.356 e. The van der Waals surface area contributed by atoms with Crippen LogP contribution in [0.25, 0.3) is 0 Å². The molecule has 3 nitrogen and oxygen atoms in total. The molecule has 0 bridgehead atoms. The van der Waals surface area contributed by atoms with Gasteiger partial charge in [-0.3, -0.25) is 0 Å². The maximum Gasteiger partial charge on any atom is 0.416 e. The number of alkyl halides is 3. The van der Waals surface area contributed by atoms with Gasteiger partial charge in [0.2, 0.25) is 5.95 Å². The Morgan fingerprint density at radius 1 is 1.25 bits per heavy atom. The number of benzene rings is 1. The monoisotopic (exact) mass is 283 g/mol. The molecular formula is C14H16F3N3. The Labute approximate surface area is 115 Å². The second kappa shape index (κ2) is 5.56. The van der Waals surface area contributed by atoms with Crippen LogP contribution < -0.4 is 5.32 Å². The number of halogens is 3. The van der Waals surface area contributed by atoms with Crippen LogP contribution in [-0.2, 0) is 12.7 Å². The lowest BCUT2D eigenvalue weighted by molar-refractivity contribution is -0.138. The zero-order valence-electron chi connectivity index (χ0n) is 11.3. The second-order valence-electron chi connectivity index (χ2n) is 4.52. The minimum atomic E-state index is -4.34. The summed E-state index contributed by atoms with van der Waals surface area (Å²) in [7, 11) is 0. The van der Waals surface area contributed by atoms with Crippen molar-refractivity contribution in [3.05, 3.63) is 47.3 Å². The van der Waals surface area contributed by atoms with Crippen molar-refractivity contribution in [1.82, 2.24) is 9.55 Å². The highest BCUT2D eigenvalue weighted by atomic mass is 19.4. The fourth-order valence-corrected chi connectivity index (χ4v) is 2.08. The van der Waals surface area contributed by atoms with Gasteiger partial charge in [-0.25, -0.2) is 4.98 Å². The quantitative estimate of drug-likeness (QED) is 0.927. The average molecular weight is 283 g/mol. The molecule has 0 aliphatic heterocycles. The van der Waals surface area contributed by atoms with Crippen LogP contribution in [0.15, 0.2) is 30.5 Å². The van der Waals surface area contributed by atoms with Crippen molar-refractivity contribution in [3.63, 3.8) is 0 Å². The van der Waals surface area contributed by atoms with Gasteiger partial charge in [0.15, 0.2) is 0 Å². The van der Waals surface area contributed by atoms with Gasteiger partial charge in [-0.2, -0.15) is 13.2 Å². The summed E-state index contributed by atoms with van der Waals surface area (Å²) in [6.45, 7) is 4.53. The molecule has 6 heteroatoms. The van der Waals surface area contributed by atoms with Gasteiger partial charge in [0.25, 0.3) is 0 Å². The molecule has 0 saturated heterocycles. The van der Waals surface area contributed by atoms with E-state index in [2.05, 4.69) is 10.3 Å². The Morgan fingerprint density at radius 3 is 2.60 bits per heavy atom. The lowest BCUT2D eigenvalue weighted by Crippen LogP contribution is -2.13. The van der Waals surface area contributed by atoms with Gasteiger partial charge >= 0.3 is 6.18 Å². The summed E-state index contributed by atoms with van der Waals surface area (Å²) in [4.78, 5) is 4.26. The number of aromatic nitrogens is 2. The summed E-state index contributed by atoms with van der Waals surface area (Å²) >= 11 is 0. The summed E-state index contributed by atoms with van der Waals surface area (Å²) in [6, 6.07) is 5.61. The zero-order chi connectivity index (χ0) is 14.8. The van der Waals surface area contributed by atoms with E-state index in [0.717, 1.165) is 11.8 Å². The van der Waals surface area contributed by atoms with E-state index in [1.165, 1.54) is 12.1 Å². The minimum absolute atomic E-state index is 0.138. The van der Waals surface area contributed by atoms with Crippen LogP contribution in [0.1, 0.15) is 23.7 Å². The predicted molar refractivity (Wildman–Crippen MR) is 71.7 cm³/mol. The first-order valence-electron chi connectivity index (χ1n) is 6.34. The first-order chi connectivity index (χ1) is 9.41. The largest absolute Gasteiger partial charge is 0.416 e. The number of aryl methyl sites for hydroxylation is 1. The topological polar surface area (TPSA) is 29.9 Å². The number of hydrogen-bond donors (Lipinski definition) is 1. The molecule has 1 aromatic heterocycles. The van der Waals surface area contributed by atoms with E-state index in [4.69, 9.17) is 0 Å². The molecule has 0 amide bonds. The van der Waals surface area contributed by atoms with Gasteiger partial charge in [0, 0.05) is 12.7 Å². The maximum atomic E-state index is 13.0. The van der Waals surface area contributed by atoms with Crippen molar-refractivity contribution in [1.29, 1.82) is 0 Å². The van der Waals surface area contributed by atoms with E-state index >= 15 is 0 Å². The SMILES string of the molecule is CCNc1nc(C)cn1Cc1ccccc1C(F)(F)F. The van der Waals surface area contributed by atoms with Crippen molar-refractivity contribution in [2.24, 2.45) is 0 Å². The third-order valence-electron chi connectivity index (χ3n) is 2.90. The molecule has 1 aromatic carbocycles. The summed E-state index contributed by atoms with van der Waals surface area (Å²) in [5, 5.41) is 3.05. The summed E-state index contributed by atoms with van der Waals surface area (Å²) in [5.41, 5.74) is 0.399. The summed E-state index contributed by atoms with van der Waals surface area (Å²) < 4.78 is 40.6. The Hall–Kier alpha value is -1.98. The fourth-order valence-electron chi connectivity index (χ4n) is 2.08. The Balaban J connectivity index is 2.35. The van der Waals surface area contributed by atoms with Gasteiger partial charge in [0.1, 0.15) is 0 Å². The van der Waals surface area contributed by atoms with Crippen molar-refractivity contribution < 1.29 is 13.2 Å². The molecule has 0 saturated carbocycles. The van der Waals surface area contributed by atoms with Gasteiger partial charge in [-0.05, 0) is 25.5 Å². The Kier molecular flexibility index (Phi) is 4.01. The highest BCUT2D eigenvalue weighted by molar-refractivity contribution is 5.34. The molecule has 0 aliphatic carbocycles. The summed E-state index contributed by atoms with van der Waals surface area (Å²) in [5.74, 6) is 0.585. The van der Waals surface area contributed by atoms with Gasteiger partial charge in [-0.1, -0.05) is 18.2 Å². The van der Waals surface area contributed by atoms with E-state index in [1.807, 2.05) is 13.8 Å². The average Bonchev–Trinajstić information content (AvgIpc) is 2.69. The van der Waals surface area contributed by atoms with Crippen LogP contribution in [0.4, 0.5) is 19.1 Å². The smallest absolute Gasteiger partial charge is 0.356 e. The molecule has 20 heavy (non-hydrogen) atoms. The number of nitrogens with one attached hydrogen (secondary N) is 1. The summed E-state index contributed by atoms with van der Waals surface area (Å²) in [6.07, 6.45) is -2.60. The molecular weight excluding hydrogens is 267 g/mol. The van der Waals surface area contributed by atoms with Crippen LogP contribution in [0.5, 0.6) is 0 Å². The van der Waals surface area contributed by atoms with Gasteiger partial charge in [-0.15, -0.1) is 0 Å².